The summed E-state index contributed by atoms with van der Waals surface area (Å²) in [7, 11) is 0. The standard InChI is InChI=1S/C5H11NOS2/c1-9-3-2-4(6)5(7)8/h4H,2-3,6H2,1H3,(H,7,8)/t4-/m0/s1. The molecule has 54 valence electrons. The van der Waals surface area contributed by atoms with Gasteiger partial charge in [0.15, 0.2) is 0 Å². The van der Waals surface area contributed by atoms with Gasteiger partial charge >= 0.3 is 0 Å². The topological polar surface area (TPSA) is 43.1 Å². The zero-order chi connectivity index (χ0) is 7.28. The molecule has 0 unspecified atom stereocenters. The summed E-state index contributed by atoms with van der Waals surface area (Å²) in [5, 5.41) is -0.218. The van der Waals surface area contributed by atoms with Crippen LogP contribution < -0.4 is 5.73 Å². The molecule has 1 atom stereocenters. The van der Waals surface area contributed by atoms with Gasteiger partial charge in [-0.05, 0) is 18.4 Å². The van der Waals surface area contributed by atoms with E-state index in [4.69, 9.17) is 5.73 Å². The number of carbonyl (C=O) groups excluding carboxylic acids is 1. The van der Waals surface area contributed by atoms with Crippen molar-refractivity contribution in [3.05, 3.63) is 0 Å². The molecule has 0 rings (SSSR count). The van der Waals surface area contributed by atoms with Gasteiger partial charge < -0.3 is 5.73 Å². The Hall–Kier alpha value is 0.330. The number of carbonyl (C=O) groups is 1. The first-order valence-electron chi connectivity index (χ1n) is 2.65. The van der Waals surface area contributed by atoms with Crippen molar-refractivity contribution < 1.29 is 4.79 Å². The van der Waals surface area contributed by atoms with Crippen LogP contribution in [-0.2, 0) is 4.79 Å². The zero-order valence-corrected chi connectivity index (χ0v) is 7.04. The van der Waals surface area contributed by atoms with Gasteiger partial charge in [-0.25, -0.2) is 0 Å². The Morgan fingerprint density at radius 3 is 2.78 bits per heavy atom. The van der Waals surface area contributed by atoms with E-state index in [1.165, 1.54) is 0 Å². The second kappa shape index (κ2) is 5.14. The van der Waals surface area contributed by atoms with E-state index in [0.717, 1.165) is 12.2 Å². The summed E-state index contributed by atoms with van der Waals surface area (Å²) in [5.41, 5.74) is 5.36. The van der Waals surface area contributed by atoms with E-state index in [-0.39, 0.29) is 11.2 Å². The van der Waals surface area contributed by atoms with Crippen molar-refractivity contribution >= 4 is 29.5 Å². The first kappa shape index (κ1) is 9.33. The molecule has 0 aliphatic carbocycles. The smallest absolute Gasteiger partial charge is 0.202 e. The first-order valence-corrected chi connectivity index (χ1v) is 4.50. The Morgan fingerprint density at radius 1 is 1.89 bits per heavy atom. The number of thioether (sulfide) groups is 1. The molecule has 2 nitrogen and oxygen atoms in total. The minimum atomic E-state index is -0.374. The summed E-state index contributed by atoms with van der Waals surface area (Å²) in [4.78, 5) is 10.4. The van der Waals surface area contributed by atoms with Crippen LogP contribution in [0.4, 0.5) is 0 Å². The summed E-state index contributed by atoms with van der Waals surface area (Å²) in [5.74, 6) is 0.924. The van der Waals surface area contributed by atoms with Crippen LogP contribution in [0.5, 0.6) is 0 Å². The Balaban J connectivity index is 3.27. The lowest BCUT2D eigenvalue weighted by atomic mass is 10.3. The van der Waals surface area contributed by atoms with E-state index >= 15 is 0 Å². The van der Waals surface area contributed by atoms with E-state index in [1.807, 2.05) is 6.26 Å². The molecule has 0 aliphatic rings. The maximum absolute atomic E-state index is 10.4. The highest BCUT2D eigenvalue weighted by atomic mass is 32.2. The van der Waals surface area contributed by atoms with Crippen LogP contribution in [0.15, 0.2) is 0 Å². The van der Waals surface area contributed by atoms with E-state index in [0.29, 0.717) is 0 Å². The average Bonchev–Trinajstić information content (AvgIpc) is 1.82. The van der Waals surface area contributed by atoms with Crippen LogP contribution in [0.1, 0.15) is 6.42 Å². The fourth-order valence-electron chi connectivity index (χ4n) is 0.368. The lowest BCUT2D eigenvalue weighted by Crippen LogP contribution is -2.27. The van der Waals surface area contributed by atoms with E-state index in [2.05, 4.69) is 12.6 Å². The van der Waals surface area contributed by atoms with Gasteiger partial charge in [0.25, 0.3) is 0 Å². The SMILES string of the molecule is CSCC[C@H](N)C(=O)S. The molecule has 0 saturated heterocycles. The summed E-state index contributed by atoms with van der Waals surface area (Å²) in [6.45, 7) is 0. The van der Waals surface area contributed by atoms with Crippen LogP contribution in [0.25, 0.3) is 0 Å². The molecule has 0 radical (unpaired) electrons. The van der Waals surface area contributed by atoms with Crippen molar-refractivity contribution in [3.8, 4) is 0 Å². The van der Waals surface area contributed by atoms with Crippen molar-refractivity contribution in [2.45, 2.75) is 12.5 Å². The number of nitrogens with two attached hydrogens (primary N) is 1. The van der Waals surface area contributed by atoms with E-state index < -0.39 is 0 Å². The predicted molar refractivity (Wildman–Crippen MR) is 45.0 cm³/mol. The second-order valence-electron chi connectivity index (χ2n) is 1.73. The van der Waals surface area contributed by atoms with Gasteiger partial charge in [-0.15, -0.1) is 12.6 Å². The molecule has 0 aliphatic heterocycles. The molecule has 0 heterocycles. The largest absolute Gasteiger partial charge is 0.321 e. The number of thiol groups is 1. The molecule has 0 aromatic heterocycles. The van der Waals surface area contributed by atoms with E-state index in [1.54, 1.807) is 11.8 Å². The number of hydrogen-bond donors (Lipinski definition) is 2. The first-order chi connectivity index (χ1) is 4.18. The molecule has 0 aromatic carbocycles. The van der Waals surface area contributed by atoms with Crippen LogP contribution in [0, 0.1) is 0 Å². The van der Waals surface area contributed by atoms with Crippen LogP contribution >= 0.6 is 24.4 Å². The molecule has 4 heteroatoms. The summed E-state index contributed by atoms with van der Waals surface area (Å²) in [6, 6.07) is -0.374. The monoisotopic (exact) mass is 165 g/mol. The molecule has 2 N–H and O–H groups in total. The van der Waals surface area contributed by atoms with Crippen LogP contribution in [0.3, 0.4) is 0 Å². The molecular weight excluding hydrogens is 154 g/mol. The third-order valence-electron chi connectivity index (χ3n) is 0.950. The number of rotatable bonds is 4. The normalized spacial score (nSPS) is 13.2. The minimum Gasteiger partial charge on any atom is -0.321 e. The van der Waals surface area contributed by atoms with Gasteiger partial charge in [0.05, 0.1) is 6.04 Å². The summed E-state index contributed by atoms with van der Waals surface area (Å²) in [6.07, 6.45) is 2.71. The van der Waals surface area contributed by atoms with Gasteiger partial charge in [-0.2, -0.15) is 11.8 Å². The fraction of sp³-hybridized carbons (Fsp3) is 0.800. The third kappa shape index (κ3) is 4.81. The van der Waals surface area contributed by atoms with Crippen LogP contribution in [0.2, 0.25) is 0 Å². The Labute approximate surface area is 65.0 Å². The van der Waals surface area contributed by atoms with Crippen molar-refractivity contribution in [1.29, 1.82) is 0 Å². The molecule has 0 amide bonds. The van der Waals surface area contributed by atoms with Crippen molar-refractivity contribution in [2.24, 2.45) is 5.73 Å². The maximum Gasteiger partial charge on any atom is 0.202 e. The Morgan fingerprint density at radius 2 is 2.44 bits per heavy atom. The van der Waals surface area contributed by atoms with Gasteiger partial charge in [0.2, 0.25) is 5.12 Å². The molecular formula is C5H11NOS2. The molecule has 0 spiro atoms. The highest BCUT2D eigenvalue weighted by Crippen LogP contribution is 2.00. The lowest BCUT2D eigenvalue weighted by molar-refractivity contribution is -0.111. The maximum atomic E-state index is 10.4. The Kier molecular flexibility index (Phi) is 5.33. The third-order valence-corrected chi connectivity index (χ3v) is 1.93. The Bertz CT molecular complexity index is 97.0. The minimum absolute atomic E-state index is 0.218. The highest BCUT2D eigenvalue weighted by Gasteiger charge is 2.06. The van der Waals surface area contributed by atoms with Crippen LogP contribution in [-0.4, -0.2) is 23.2 Å². The molecule has 0 saturated carbocycles. The highest BCUT2D eigenvalue weighted by molar-refractivity contribution is 7.98. The van der Waals surface area contributed by atoms with Crippen molar-refractivity contribution in [1.82, 2.24) is 0 Å². The average molecular weight is 165 g/mol. The van der Waals surface area contributed by atoms with Gasteiger partial charge in [0, 0.05) is 0 Å². The molecule has 9 heavy (non-hydrogen) atoms. The quantitative estimate of drug-likeness (QED) is 0.597. The molecule has 0 bridgehead atoms. The van der Waals surface area contributed by atoms with E-state index in [9.17, 15) is 4.79 Å². The van der Waals surface area contributed by atoms with Crippen molar-refractivity contribution in [3.63, 3.8) is 0 Å². The molecule has 0 aromatic rings. The second-order valence-corrected chi connectivity index (χ2v) is 3.15. The summed E-state index contributed by atoms with van der Waals surface area (Å²) >= 11 is 5.27. The predicted octanol–water partition coefficient (Wildman–Crippen LogP) is 0.523. The van der Waals surface area contributed by atoms with Gasteiger partial charge in [-0.1, -0.05) is 0 Å². The summed E-state index contributed by atoms with van der Waals surface area (Å²) < 4.78 is 0. The van der Waals surface area contributed by atoms with Gasteiger partial charge in [-0.3, -0.25) is 4.79 Å². The lowest BCUT2D eigenvalue weighted by Gasteiger charge is -2.03. The molecule has 0 fully saturated rings. The fourth-order valence-corrected chi connectivity index (χ4v) is 0.987. The van der Waals surface area contributed by atoms with Crippen molar-refractivity contribution in [2.75, 3.05) is 12.0 Å². The number of hydrogen-bond acceptors (Lipinski definition) is 3. The zero-order valence-electron chi connectivity index (χ0n) is 5.33. The van der Waals surface area contributed by atoms with Gasteiger partial charge in [0.1, 0.15) is 0 Å².